The first-order valence-electron chi connectivity index (χ1n) is 9.81. The molecule has 0 radical (unpaired) electrons. The van der Waals surface area contributed by atoms with Crippen molar-refractivity contribution in [2.45, 2.75) is 51.3 Å². The fraction of sp³-hybridized carbons (Fsp3) is 0.435. The zero-order valence-corrected chi connectivity index (χ0v) is 16.7. The maximum absolute atomic E-state index is 12.9. The van der Waals surface area contributed by atoms with Gasteiger partial charge in [-0.2, -0.15) is 0 Å². The SMILES string of the molecule is COc1ccc(CN(C(=O)COc2cccc3c2OC(C)(C)C3)C2CC2)cc1. The van der Waals surface area contributed by atoms with E-state index < -0.39 is 0 Å². The van der Waals surface area contributed by atoms with Crippen molar-refractivity contribution in [3.05, 3.63) is 53.6 Å². The Labute approximate surface area is 166 Å². The molecule has 1 heterocycles. The van der Waals surface area contributed by atoms with Crippen LogP contribution in [0.3, 0.4) is 0 Å². The molecule has 5 heteroatoms. The third-order valence-electron chi connectivity index (χ3n) is 5.23. The average molecular weight is 381 g/mol. The van der Waals surface area contributed by atoms with Gasteiger partial charge < -0.3 is 19.1 Å². The summed E-state index contributed by atoms with van der Waals surface area (Å²) < 4.78 is 17.1. The van der Waals surface area contributed by atoms with E-state index in [9.17, 15) is 4.79 Å². The lowest BCUT2D eigenvalue weighted by Gasteiger charge is -2.23. The smallest absolute Gasteiger partial charge is 0.261 e. The molecule has 1 saturated carbocycles. The standard InChI is InChI=1S/C23H27NO4/c1-23(2)13-17-5-4-6-20(22(17)28-23)27-15-21(25)24(18-9-10-18)14-16-7-11-19(26-3)12-8-16/h4-8,11-12,18H,9-10,13-15H2,1-3H3. The number of rotatable bonds is 7. The van der Waals surface area contributed by atoms with Gasteiger partial charge in [-0.3, -0.25) is 4.79 Å². The zero-order valence-electron chi connectivity index (χ0n) is 16.7. The minimum atomic E-state index is -0.236. The Balaban J connectivity index is 1.41. The van der Waals surface area contributed by atoms with E-state index in [1.165, 1.54) is 0 Å². The lowest BCUT2D eigenvalue weighted by atomic mass is 10.0. The summed E-state index contributed by atoms with van der Waals surface area (Å²) in [5.74, 6) is 2.25. The summed E-state index contributed by atoms with van der Waals surface area (Å²) in [6.07, 6.45) is 2.96. The van der Waals surface area contributed by atoms with Crippen molar-refractivity contribution >= 4 is 5.91 Å². The number of nitrogens with zero attached hydrogens (tertiary/aromatic N) is 1. The highest BCUT2D eigenvalue weighted by molar-refractivity contribution is 5.78. The second-order valence-corrected chi connectivity index (χ2v) is 8.17. The number of ether oxygens (including phenoxy) is 3. The number of benzene rings is 2. The highest BCUT2D eigenvalue weighted by atomic mass is 16.5. The van der Waals surface area contributed by atoms with Gasteiger partial charge in [0.05, 0.1) is 7.11 Å². The molecule has 0 aromatic heterocycles. The second-order valence-electron chi connectivity index (χ2n) is 8.17. The van der Waals surface area contributed by atoms with Crippen molar-refractivity contribution < 1.29 is 19.0 Å². The van der Waals surface area contributed by atoms with E-state index in [0.29, 0.717) is 18.3 Å². The molecule has 0 N–H and O–H groups in total. The van der Waals surface area contributed by atoms with Crippen LogP contribution in [0.4, 0.5) is 0 Å². The highest BCUT2D eigenvalue weighted by Crippen LogP contribution is 2.41. The summed E-state index contributed by atoms with van der Waals surface area (Å²) in [5.41, 5.74) is 1.99. The van der Waals surface area contributed by atoms with Gasteiger partial charge in [-0.05, 0) is 50.5 Å². The summed E-state index contributed by atoms with van der Waals surface area (Å²) in [4.78, 5) is 14.8. The molecule has 0 bridgehead atoms. The fourth-order valence-electron chi connectivity index (χ4n) is 3.66. The highest BCUT2D eigenvalue weighted by Gasteiger charge is 2.34. The molecule has 0 spiro atoms. The maximum Gasteiger partial charge on any atom is 0.261 e. The van der Waals surface area contributed by atoms with Gasteiger partial charge in [0, 0.05) is 24.6 Å². The van der Waals surface area contributed by atoms with Crippen LogP contribution in [0.25, 0.3) is 0 Å². The van der Waals surface area contributed by atoms with Crippen LogP contribution in [0.2, 0.25) is 0 Å². The normalized spacial score (nSPS) is 16.8. The number of para-hydroxylation sites is 1. The molecule has 1 aliphatic heterocycles. The van der Waals surface area contributed by atoms with Crippen molar-refractivity contribution in [2.24, 2.45) is 0 Å². The van der Waals surface area contributed by atoms with E-state index in [0.717, 1.165) is 41.9 Å². The van der Waals surface area contributed by atoms with E-state index >= 15 is 0 Å². The summed E-state index contributed by atoms with van der Waals surface area (Å²) in [6.45, 7) is 4.73. The number of hydrogen-bond acceptors (Lipinski definition) is 4. The van der Waals surface area contributed by atoms with E-state index in [1.807, 2.05) is 41.3 Å². The van der Waals surface area contributed by atoms with Crippen LogP contribution >= 0.6 is 0 Å². The Morgan fingerprint density at radius 2 is 1.93 bits per heavy atom. The molecule has 1 amide bonds. The number of fused-ring (bicyclic) bond motifs is 1. The van der Waals surface area contributed by atoms with Crippen molar-refractivity contribution in [1.29, 1.82) is 0 Å². The van der Waals surface area contributed by atoms with E-state index in [4.69, 9.17) is 14.2 Å². The van der Waals surface area contributed by atoms with E-state index in [1.54, 1.807) is 7.11 Å². The van der Waals surface area contributed by atoms with Gasteiger partial charge in [0.15, 0.2) is 18.1 Å². The first-order valence-corrected chi connectivity index (χ1v) is 9.81. The van der Waals surface area contributed by atoms with Crippen LogP contribution in [-0.4, -0.2) is 36.2 Å². The summed E-state index contributed by atoms with van der Waals surface area (Å²) in [7, 11) is 1.65. The molecule has 4 rings (SSSR count). The predicted octanol–water partition coefficient (Wildman–Crippen LogP) is 3.98. The third-order valence-corrected chi connectivity index (χ3v) is 5.23. The lowest BCUT2D eigenvalue weighted by molar-refractivity contribution is -0.134. The quantitative estimate of drug-likeness (QED) is 0.728. The summed E-state index contributed by atoms with van der Waals surface area (Å²) >= 11 is 0. The summed E-state index contributed by atoms with van der Waals surface area (Å²) in [6, 6.07) is 14.1. The first-order chi connectivity index (χ1) is 13.4. The van der Waals surface area contributed by atoms with E-state index in [-0.39, 0.29) is 18.1 Å². The van der Waals surface area contributed by atoms with Crippen LogP contribution in [0, 0.1) is 0 Å². The zero-order chi connectivity index (χ0) is 19.7. The Morgan fingerprint density at radius 3 is 2.61 bits per heavy atom. The Hall–Kier alpha value is -2.69. The number of hydrogen-bond donors (Lipinski definition) is 0. The number of amides is 1. The minimum Gasteiger partial charge on any atom is -0.497 e. The van der Waals surface area contributed by atoms with Gasteiger partial charge in [0.2, 0.25) is 0 Å². The molecule has 2 aromatic rings. The number of methoxy groups -OCH3 is 1. The number of carbonyl (C=O) groups excluding carboxylic acids is 1. The molecule has 0 unspecified atom stereocenters. The monoisotopic (exact) mass is 381 g/mol. The third kappa shape index (κ3) is 4.08. The average Bonchev–Trinajstić information content (AvgIpc) is 3.46. The predicted molar refractivity (Wildman–Crippen MR) is 107 cm³/mol. The molecule has 1 aliphatic carbocycles. The molecule has 0 atom stereocenters. The van der Waals surface area contributed by atoms with Crippen molar-refractivity contribution in [3.8, 4) is 17.2 Å². The molecule has 28 heavy (non-hydrogen) atoms. The molecule has 5 nitrogen and oxygen atoms in total. The van der Waals surface area contributed by atoms with Crippen LogP contribution < -0.4 is 14.2 Å². The molecule has 1 fully saturated rings. The van der Waals surface area contributed by atoms with E-state index in [2.05, 4.69) is 19.9 Å². The fourth-order valence-corrected chi connectivity index (χ4v) is 3.66. The molecule has 2 aromatic carbocycles. The molecular formula is C23H27NO4. The van der Waals surface area contributed by atoms with Crippen molar-refractivity contribution in [1.82, 2.24) is 4.90 Å². The van der Waals surface area contributed by atoms with Gasteiger partial charge >= 0.3 is 0 Å². The molecule has 2 aliphatic rings. The van der Waals surface area contributed by atoms with Crippen LogP contribution in [0.15, 0.2) is 42.5 Å². The van der Waals surface area contributed by atoms with Crippen LogP contribution in [0.5, 0.6) is 17.2 Å². The maximum atomic E-state index is 12.9. The van der Waals surface area contributed by atoms with Gasteiger partial charge in [-0.25, -0.2) is 0 Å². The molecule has 148 valence electrons. The molecule has 0 saturated heterocycles. The Morgan fingerprint density at radius 1 is 1.18 bits per heavy atom. The van der Waals surface area contributed by atoms with Gasteiger partial charge in [-0.1, -0.05) is 24.3 Å². The number of carbonyl (C=O) groups is 1. The minimum absolute atomic E-state index is 0.00757. The molecular weight excluding hydrogens is 354 g/mol. The lowest BCUT2D eigenvalue weighted by Crippen LogP contribution is -2.36. The Kier molecular flexibility index (Phi) is 4.92. The van der Waals surface area contributed by atoms with Crippen molar-refractivity contribution in [3.63, 3.8) is 0 Å². The Bertz CT molecular complexity index is 855. The van der Waals surface area contributed by atoms with Gasteiger partial charge in [-0.15, -0.1) is 0 Å². The van der Waals surface area contributed by atoms with Crippen molar-refractivity contribution in [2.75, 3.05) is 13.7 Å². The van der Waals surface area contributed by atoms with Gasteiger partial charge in [0.25, 0.3) is 5.91 Å². The topological polar surface area (TPSA) is 48.0 Å². The van der Waals surface area contributed by atoms with Crippen LogP contribution in [-0.2, 0) is 17.8 Å². The summed E-state index contributed by atoms with van der Waals surface area (Å²) in [5, 5.41) is 0. The largest absolute Gasteiger partial charge is 0.497 e. The first kappa shape index (κ1) is 18.7. The van der Waals surface area contributed by atoms with Gasteiger partial charge in [0.1, 0.15) is 11.4 Å². The van der Waals surface area contributed by atoms with Crippen LogP contribution in [0.1, 0.15) is 37.8 Å². The second kappa shape index (κ2) is 7.38.